The summed E-state index contributed by atoms with van der Waals surface area (Å²) in [5.74, 6) is -1.34. The molecule has 114 valence electrons. The zero-order valence-electron chi connectivity index (χ0n) is 12.0. The molecule has 2 amide bonds. The third-order valence-corrected chi connectivity index (χ3v) is 2.97. The SMILES string of the molecule is CNC(=O)C(C)(C)CNC(=O)c1ccc([N+](=O)[O-])c(O)c1. The van der Waals surface area contributed by atoms with Crippen LogP contribution in [0.15, 0.2) is 18.2 Å². The molecule has 0 atom stereocenters. The molecule has 0 aromatic heterocycles. The lowest BCUT2D eigenvalue weighted by molar-refractivity contribution is -0.385. The minimum Gasteiger partial charge on any atom is -0.502 e. The van der Waals surface area contributed by atoms with E-state index in [9.17, 15) is 24.8 Å². The van der Waals surface area contributed by atoms with E-state index in [4.69, 9.17) is 0 Å². The number of rotatable bonds is 5. The summed E-state index contributed by atoms with van der Waals surface area (Å²) in [5.41, 5.74) is -1.20. The largest absolute Gasteiger partial charge is 0.502 e. The Balaban J connectivity index is 2.79. The lowest BCUT2D eigenvalue weighted by Gasteiger charge is -2.22. The fourth-order valence-electron chi connectivity index (χ4n) is 1.64. The molecule has 0 unspecified atom stereocenters. The Morgan fingerprint density at radius 3 is 2.48 bits per heavy atom. The Morgan fingerprint density at radius 1 is 1.38 bits per heavy atom. The van der Waals surface area contributed by atoms with Crippen LogP contribution < -0.4 is 10.6 Å². The van der Waals surface area contributed by atoms with Gasteiger partial charge in [-0.15, -0.1) is 0 Å². The number of phenolic OH excluding ortho intramolecular Hbond substituents is 1. The van der Waals surface area contributed by atoms with Crippen molar-refractivity contribution in [2.75, 3.05) is 13.6 Å². The van der Waals surface area contributed by atoms with Crippen LogP contribution in [0.1, 0.15) is 24.2 Å². The van der Waals surface area contributed by atoms with Crippen LogP contribution in [0.4, 0.5) is 5.69 Å². The molecule has 1 aromatic carbocycles. The van der Waals surface area contributed by atoms with E-state index in [0.29, 0.717) is 0 Å². The summed E-state index contributed by atoms with van der Waals surface area (Å²) in [6.45, 7) is 3.42. The van der Waals surface area contributed by atoms with Crippen LogP contribution in [0.25, 0.3) is 0 Å². The van der Waals surface area contributed by atoms with E-state index in [2.05, 4.69) is 10.6 Å². The molecule has 0 spiro atoms. The van der Waals surface area contributed by atoms with E-state index in [-0.39, 0.29) is 18.0 Å². The number of carbonyl (C=O) groups is 2. The number of nitrogens with zero attached hydrogens (tertiary/aromatic N) is 1. The number of nitro groups is 1. The summed E-state index contributed by atoms with van der Waals surface area (Å²) in [5, 5.41) is 25.1. The maximum Gasteiger partial charge on any atom is 0.310 e. The summed E-state index contributed by atoms with van der Waals surface area (Å²) >= 11 is 0. The van der Waals surface area contributed by atoms with Gasteiger partial charge in [0.2, 0.25) is 5.91 Å². The lowest BCUT2D eigenvalue weighted by atomic mass is 9.92. The van der Waals surface area contributed by atoms with Crippen LogP contribution in [0.5, 0.6) is 5.75 Å². The minimum atomic E-state index is -0.798. The Kier molecular flexibility index (Phi) is 4.85. The first kappa shape index (κ1) is 16.4. The number of nitro benzene ring substituents is 1. The van der Waals surface area contributed by atoms with Crippen molar-refractivity contribution >= 4 is 17.5 Å². The van der Waals surface area contributed by atoms with Crippen molar-refractivity contribution in [2.24, 2.45) is 5.41 Å². The molecule has 0 saturated heterocycles. The molecular weight excluding hydrogens is 278 g/mol. The predicted molar refractivity (Wildman–Crippen MR) is 74.9 cm³/mol. The Hall–Kier alpha value is -2.64. The molecule has 0 fully saturated rings. The molecule has 1 aromatic rings. The highest BCUT2D eigenvalue weighted by Gasteiger charge is 2.27. The van der Waals surface area contributed by atoms with E-state index >= 15 is 0 Å². The summed E-state index contributed by atoms with van der Waals surface area (Å²) in [7, 11) is 1.50. The van der Waals surface area contributed by atoms with Crippen molar-refractivity contribution in [1.29, 1.82) is 0 Å². The summed E-state index contributed by atoms with van der Waals surface area (Å²) < 4.78 is 0. The monoisotopic (exact) mass is 295 g/mol. The molecule has 0 aliphatic rings. The number of benzene rings is 1. The van der Waals surface area contributed by atoms with E-state index in [1.54, 1.807) is 13.8 Å². The van der Waals surface area contributed by atoms with Crippen LogP contribution >= 0.6 is 0 Å². The molecule has 0 saturated carbocycles. The Bertz CT molecular complexity index is 583. The molecule has 0 aliphatic carbocycles. The van der Waals surface area contributed by atoms with E-state index in [0.717, 1.165) is 12.1 Å². The average molecular weight is 295 g/mol. The Morgan fingerprint density at radius 2 is 2.00 bits per heavy atom. The average Bonchev–Trinajstić information content (AvgIpc) is 2.43. The number of phenols is 1. The summed E-state index contributed by atoms with van der Waals surface area (Å²) in [4.78, 5) is 33.3. The van der Waals surface area contributed by atoms with Gasteiger partial charge in [-0.3, -0.25) is 19.7 Å². The first-order chi connectivity index (χ1) is 9.69. The second-order valence-electron chi connectivity index (χ2n) is 5.11. The van der Waals surface area contributed by atoms with Crippen LogP contribution in [0.3, 0.4) is 0 Å². The zero-order chi connectivity index (χ0) is 16.2. The molecule has 1 rings (SSSR count). The number of aromatic hydroxyl groups is 1. The van der Waals surface area contributed by atoms with Crippen molar-refractivity contribution in [2.45, 2.75) is 13.8 Å². The van der Waals surface area contributed by atoms with E-state index in [1.165, 1.54) is 13.1 Å². The number of nitrogens with one attached hydrogen (secondary N) is 2. The van der Waals surface area contributed by atoms with Gasteiger partial charge < -0.3 is 15.7 Å². The van der Waals surface area contributed by atoms with Gasteiger partial charge >= 0.3 is 5.69 Å². The molecule has 0 aliphatic heterocycles. The molecule has 0 heterocycles. The third-order valence-electron chi connectivity index (χ3n) is 2.97. The molecule has 8 nitrogen and oxygen atoms in total. The number of carbonyl (C=O) groups excluding carboxylic acids is 2. The van der Waals surface area contributed by atoms with Crippen molar-refractivity contribution in [3.8, 4) is 5.75 Å². The summed E-state index contributed by atoms with van der Waals surface area (Å²) in [6.07, 6.45) is 0. The number of hydrogen-bond acceptors (Lipinski definition) is 5. The maximum atomic E-state index is 11.9. The van der Waals surface area contributed by atoms with Crippen LogP contribution in [0.2, 0.25) is 0 Å². The van der Waals surface area contributed by atoms with Crippen molar-refractivity contribution in [3.05, 3.63) is 33.9 Å². The van der Waals surface area contributed by atoms with E-state index in [1.807, 2.05) is 0 Å². The number of hydrogen-bond donors (Lipinski definition) is 3. The molecule has 3 N–H and O–H groups in total. The van der Waals surface area contributed by atoms with Gasteiger partial charge in [0.1, 0.15) is 0 Å². The quantitative estimate of drug-likeness (QED) is 0.548. The van der Waals surface area contributed by atoms with Gasteiger partial charge in [-0.25, -0.2) is 0 Å². The molecular formula is C13H17N3O5. The highest BCUT2D eigenvalue weighted by molar-refractivity contribution is 5.95. The fraction of sp³-hybridized carbons (Fsp3) is 0.385. The first-order valence-electron chi connectivity index (χ1n) is 6.17. The van der Waals surface area contributed by atoms with Gasteiger partial charge in [-0.2, -0.15) is 0 Å². The predicted octanol–water partition coefficient (Wildman–Crippen LogP) is 0.802. The van der Waals surface area contributed by atoms with Gasteiger partial charge in [-0.1, -0.05) is 0 Å². The maximum absolute atomic E-state index is 11.9. The van der Waals surface area contributed by atoms with Crippen LogP contribution in [0, 0.1) is 15.5 Å². The molecule has 0 radical (unpaired) electrons. The minimum absolute atomic E-state index is 0.0748. The van der Waals surface area contributed by atoms with Crippen molar-refractivity contribution < 1.29 is 19.6 Å². The van der Waals surface area contributed by atoms with Gasteiger partial charge in [0.15, 0.2) is 5.75 Å². The zero-order valence-corrected chi connectivity index (χ0v) is 12.0. The molecule has 8 heteroatoms. The van der Waals surface area contributed by atoms with Crippen molar-refractivity contribution in [1.82, 2.24) is 10.6 Å². The highest BCUT2D eigenvalue weighted by atomic mass is 16.6. The van der Waals surface area contributed by atoms with Gasteiger partial charge in [0, 0.05) is 25.2 Å². The van der Waals surface area contributed by atoms with E-state index < -0.39 is 27.7 Å². The van der Waals surface area contributed by atoms with Gasteiger partial charge in [0.05, 0.1) is 10.3 Å². The topological polar surface area (TPSA) is 122 Å². The second-order valence-corrected chi connectivity index (χ2v) is 5.11. The second kappa shape index (κ2) is 6.21. The number of amides is 2. The normalized spacial score (nSPS) is 10.8. The standard InChI is InChI=1S/C13H17N3O5/c1-13(2,12(19)14-3)7-15-11(18)8-4-5-9(16(20)21)10(17)6-8/h4-6,17H,7H2,1-3H3,(H,14,19)(H,15,18). The first-order valence-corrected chi connectivity index (χ1v) is 6.17. The molecule has 0 bridgehead atoms. The fourth-order valence-corrected chi connectivity index (χ4v) is 1.64. The highest BCUT2D eigenvalue weighted by Crippen LogP contribution is 2.26. The van der Waals surface area contributed by atoms with Gasteiger partial charge in [0.25, 0.3) is 5.91 Å². The van der Waals surface area contributed by atoms with Crippen LogP contribution in [-0.2, 0) is 4.79 Å². The third kappa shape index (κ3) is 3.91. The molecule has 21 heavy (non-hydrogen) atoms. The Labute approximate surface area is 121 Å². The lowest BCUT2D eigenvalue weighted by Crippen LogP contribution is -2.43. The van der Waals surface area contributed by atoms with Crippen LogP contribution in [-0.4, -0.2) is 35.4 Å². The smallest absolute Gasteiger partial charge is 0.310 e. The van der Waals surface area contributed by atoms with Gasteiger partial charge in [-0.05, 0) is 26.0 Å². The van der Waals surface area contributed by atoms with Crippen molar-refractivity contribution in [3.63, 3.8) is 0 Å². The summed E-state index contributed by atoms with van der Waals surface area (Å²) in [6, 6.07) is 3.30.